The van der Waals surface area contributed by atoms with Crippen LogP contribution in [0.25, 0.3) is 0 Å². The van der Waals surface area contributed by atoms with Gasteiger partial charge in [-0.25, -0.2) is 4.79 Å². The van der Waals surface area contributed by atoms with Crippen LogP contribution in [0, 0.1) is 6.92 Å². The molecule has 19 heavy (non-hydrogen) atoms. The molecular formula is C14H21N3O2. The molecule has 5 heteroatoms. The van der Waals surface area contributed by atoms with Crippen molar-refractivity contribution in [3.63, 3.8) is 0 Å². The molecule has 1 aromatic rings. The zero-order valence-corrected chi connectivity index (χ0v) is 11.8. The Kier molecular flexibility index (Phi) is 5.36. The fraction of sp³-hybridized carbons (Fsp3) is 0.429. The van der Waals surface area contributed by atoms with Gasteiger partial charge in [0, 0.05) is 23.8 Å². The molecule has 1 aromatic carbocycles. The average molecular weight is 263 g/mol. The van der Waals surface area contributed by atoms with Crippen molar-refractivity contribution in [2.24, 2.45) is 0 Å². The van der Waals surface area contributed by atoms with Crippen molar-refractivity contribution in [3.05, 3.63) is 29.3 Å². The van der Waals surface area contributed by atoms with Crippen LogP contribution in [-0.4, -0.2) is 24.5 Å². The number of benzene rings is 1. The van der Waals surface area contributed by atoms with Gasteiger partial charge in [0.05, 0.1) is 0 Å². The van der Waals surface area contributed by atoms with Gasteiger partial charge in [-0.3, -0.25) is 4.79 Å². The van der Waals surface area contributed by atoms with Crippen molar-refractivity contribution in [3.8, 4) is 0 Å². The minimum Gasteiger partial charge on any atom is -0.352 e. The molecule has 0 aliphatic heterocycles. The smallest absolute Gasteiger partial charge is 0.319 e. The number of rotatable bonds is 4. The maximum atomic E-state index is 11.7. The lowest BCUT2D eigenvalue weighted by Crippen LogP contribution is -2.34. The van der Waals surface area contributed by atoms with Crippen LogP contribution in [0.5, 0.6) is 0 Å². The minimum absolute atomic E-state index is 0.0786. The second-order valence-electron chi connectivity index (χ2n) is 4.64. The van der Waals surface area contributed by atoms with Crippen molar-refractivity contribution >= 4 is 17.6 Å². The molecule has 0 spiro atoms. The van der Waals surface area contributed by atoms with E-state index in [1.165, 1.54) is 0 Å². The van der Waals surface area contributed by atoms with Gasteiger partial charge < -0.3 is 16.0 Å². The van der Waals surface area contributed by atoms with E-state index >= 15 is 0 Å². The first kappa shape index (κ1) is 15.0. The Morgan fingerprint density at radius 2 is 1.95 bits per heavy atom. The Morgan fingerprint density at radius 3 is 2.47 bits per heavy atom. The summed E-state index contributed by atoms with van der Waals surface area (Å²) >= 11 is 0. The predicted octanol–water partition coefficient (Wildman–Crippen LogP) is 2.27. The zero-order valence-electron chi connectivity index (χ0n) is 11.8. The van der Waals surface area contributed by atoms with Gasteiger partial charge in [0.15, 0.2) is 0 Å². The number of aryl methyl sites for hydroxylation is 1. The number of amides is 3. The number of hydrogen-bond acceptors (Lipinski definition) is 2. The van der Waals surface area contributed by atoms with E-state index in [0.29, 0.717) is 17.8 Å². The summed E-state index contributed by atoms with van der Waals surface area (Å²) in [5.74, 6) is -0.108. The van der Waals surface area contributed by atoms with Crippen molar-refractivity contribution in [2.75, 3.05) is 11.9 Å². The number of carbonyl (C=O) groups excluding carboxylic acids is 2. The molecule has 5 nitrogen and oxygen atoms in total. The molecule has 0 heterocycles. The lowest BCUT2D eigenvalue weighted by Gasteiger charge is -2.12. The molecule has 0 unspecified atom stereocenters. The molecule has 0 saturated heterocycles. The van der Waals surface area contributed by atoms with Gasteiger partial charge in [-0.05, 0) is 51.5 Å². The van der Waals surface area contributed by atoms with Crippen LogP contribution in [-0.2, 0) is 0 Å². The van der Waals surface area contributed by atoms with Gasteiger partial charge in [0.1, 0.15) is 0 Å². The van der Waals surface area contributed by atoms with E-state index in [-0.39, 0.29) is 18.0 Å². The maximum Gasteiger partial charge on any atom is 0.319 e. The standard InChI is InChI=1S/C14H21N3O2/c1-5-15-13(18)11-6-7-12(10(4)8-11)17-14(19)16-9(2)3/h6-9H,5H2,1-4H3,(H,15,18)(H2,16,17,19). The lowest BCUT2D eigenvalue weighted by atomic mass is 10.1. The lowest BCUT2D eigenvalue weighted by molar-refractivity contribution is 0.0955. The highest BCUT2D eigenvalue weighted by Crippen LogP contribution is 2.16. The normalized spacial score (nSPS) is 10.2. The average Bonchev–Trinajstić information content (AvgIpc) is 2.31. The van der Waals surface area contributed by atoms with Crippen molar-refractivity contribution in [1.29, 1.82) is 0 Å². The molecular weight excluding hydrogens is 242 g/mol. The molecule has 0 aliphatic carbocycles. The van der Waals surface area contributed by atoms with Crippen LogP contribution < -0.4 is 16.0 Å². The molecule has 3 amide bonds. The van der Waals surface area contributed by atoms with Crippen molar-refractivity contribution in [2.45, 2.75) is 33.7 Å². The molecule has 0 aliphatic rings. The summed E-state index contributed by atoms with van der Waals surface area (Å²) in [6.07, 6.45) is 0. The van der Waals surface area contributed by atoms with E-state index in [1.807, 2.05) is 27.7 Å². The molecule has 0 aromatic heterocycles. The fourth-order valence-electron chi connectivity index (χ4n) is 1.63. The molecule has 3 N–H and O–H groups in total. The molecule has 0 saturated carbocycles. The van der Waals surface area contributed by atoms with E-state index in [1.54, 1.807) is 18.2 Å². The van der Waals surface area contributed by atoms with Gasteiger partial charge in [-0.1, -0.05) is 0 Å². The summed E-state index contributed by atoms with van der Waals surface area (Å²) < 4.78 is 0. The molecule has 0 atom stereocenters. The third kappa shape index (κ3) is 4.62. The highest BCUT2D eigenvalue weighted by molar-refractivity contribution is 5.96. The van der Waals surface area contributed by atoms with Crippen LogP contribution in [0.1, 0.15) is 36.7 Å². The molecule has 1 rings (SSSR count). The largest absolute Gasteiger partial charge is 0.352 e. The Bertz CT molecular complexity index is 470. The molecule has 0 fully saturated rings. The topological polar surface area (TPSA) is 70.2 Å². The highest BCUT2D eigenvalue weighted by atomic mass is 16.2. The Labute approximate surface area is 113 Å². The fourth-order valence-corrected chi connectivity index (χ4v) is 1.63. The Hall–Kier alpha value is -2.04. The second kappa shape index (κ2) is 6.78. The SMILES string of the molecule is CCNC(=O)c1ccc(NC(=O)NC(C)C)c(C)c1. The van der Waals surface area contributed by atoms with E-state index in [4.69, 9.17) is 0 Å². The summed E-state index contributed by atoms with van der Waals surface area (Å²) in [7, 11) is 0. The third-order valence-corrected chi connectivity index (χ3v) is 2.49. The van der Waals surface area contributed by atoms with E-state index in [2.05, 4.69) is 16.0 Å². The van der Waals surface area contributed by atoms with Gasteiger partial charge >= 0.3 is 6.03 Å². The molecule has 104 valence electrons. The summed E-state index contributed by atoms with van der Waals surface area (Å²) in [6.45, 7) is 8.11. The number of hydrogen-bond donors (Lipinski definition) is 3. The first-order chi connectivity index (χ1) is 8.93. The number of anilines is 1. The summed E-state index contributed by atoms with van der Waals surface area (Å²) in [4.78, 5) is 23.3. The zero-order chi connectivity index (χ0) is 14.4. The number of nitrogens with one attached hydrogen (secondary N) is 3. The predicted molar refractivity (Wildman–Crippen MR) is 76.5 cm³/mol. The van der Waals surface area contributed by atoms with Crippen LogP contribution in [0.15, 0.2) is 18.2 Å². The van der Waals surface area contributed by atoms with Crippen LogP contribution in [0.2, 0.25) is 0 Å². The Morgan fingerprint density at radius 1 is 1.26 bits per heavy atom. The van der Waals surface area contributed by atoms with Gasteiger partial charge in [0.2, 0.25) is 0 Å². The van der Waals surface area contributed by atoms with Crippen LogP contribution in [0.3, 0.4) is 0 Å². The van der Waals surface area contributed by atoms with Gasteiger partial charge in [0.25, 0.3) is 5.91 Å². The van der Waals surface area contributed by atoms with E-state index < -0.39 is 0 Å². The Balaban J connectivity index is 2.77. The van der Waals surface area contributed by atoms with Crippen LogP contribution in [0.4, 0.5) is 10.5 Å². The van der Waals surface area contributed by atoms with Crippen molar-refractivity contribution < 1.29 is 9.59 Å². The van der Waals surface area contributed by atoms with Crippen LogP contribution >= 0.6 is 0 Å². The summed E-state index contributed by atoms with van der Waals surface area (Å²) in [5, 5.41) is 8.24. The van der Waals surface area contributed by atoms with Gasteiger partial charge in [-0.2, -0.15) is 0 Å². The van der Waals surface area contributed by atoms with Crippen molar-refractivity contribution in [1.82, 2.24) is 10.6 Å². The first-order valence-corrected chi connectivity index (χ1v) is 6.40. The number of urea groups is 1. The van der Waals surface area contributed by atoms with E-state index in [9.17, 15) is 9.59 Å². The quantitative estimate of drug-likeness (QED) is 0.780. The highest BCUT2D eigenvalue weighted by Gasteiger charge is 2.09. The minimum atomic E-state index is -0.246. The summed E-state index contributed by atoms with van der Waals surface area (Å²) in [5.41, 5.74) is 2.14. The van der Waals surface area contributed by atoms with E-state index in [0.717, 1.165) is 5.56 Å². The first-order valence-electron chi connectivity index (χ1n) is 6.40. The van der Waals surface area contributed by atoms with Gasteiger partial charge in [-0.15, -0.1) is 0 Å². The maximum absolute atomic E-state index is 11.7. The third-order valence-electron chi connectivity index (χ3n) is 2.49. The molecule has 0 radical (unpaired) electrons. The monoisotopic (exact) mass is 263 g/mol. The second-order valence-corrected chi connectivity index (χ2v) is 4.64. The molecule has 0 bridgehead atoms. The summed E-state index contributed by atoms with van der Waals surface area (Å²) in [6, 6.07) is 5.03. The number of carbonyl (C=O) groups is 2.